The lowest BCUT2D eigenvalue weighted by molar-refractivity contribution is 0.0940. The molecule has 0 fully saturated rings. The van der Waals surface area contributed by atoms with Crippen molar-refractivity contribution < 1.29 is 9.59 Å². The minimum atomic E-state index is -0.336. The van der Waals surface area contributed by atoms with E-state index in [9.17, 15) is 9.59 Å². The maximum atomic E-state index is 12.6. The third-order valence-corrected chi connectivity index (χ3v) is 5.06. The van der Waals surface area contributed by atoms with Crippen molar-refractivity contribution in [2.75, 3.05) is 5.32 Å². The van der Waals surface area contributed by atoms with Gasteiger partial charge in [-0.25, -0.2) is 4.98 Å². The van der Waals surface area contributed by atoms with Crippen LogP contribution in [0.2, 0.25) is 0 Å². The third-order valence-electron chi connectivity index (χ3n) is 4.17. The van der Waals surface area contributed by atoms with Gasteiger partial charge in [-0.3, -0.25) is 9.59 Å². The summed E-state index contributed by atoms with van der Waals surface area (Å²) in [6, 6.07) is 16.7. The Morgan fingerprint density at radius 3 is 2.48 bits per heavy atom. The van der Waals surface area contributed by atoms with Crippen LogP contribution in [0.3, 0.4) is 0 Å². The molecule has 3 aromatic rings. The zero-order valence-corrected chi connectivity index (χ0v) is 16.0. The van der Waals surface area contributed by atoms with Crippen molar-refractivity contribution in [1.29, 1.82) is 0 Å². The molecule has 2 amide bonds. The average molecular weight is 379 g/mol. The quantitative estimate of drug-likeness (QED) is 0.658. The van der Waals surface area contributed by atoms with Gasteiger partial charge in [0.15, 0.2) is 0 Å². The zero-order valence-electron chi connectivity index (χ0n) is 15.2. The minimum Gasteiger partial charge on any atom is -0.350 e. The van der Waals surface area contributed by atoms with Crippen LogP contribution in [0.25, 0.3) is 10.6 Å². The van der Waals surface area contributed by atoms with E-state index in [0.29, 0.717) is 16.9 Å². The Labute approximate surface area is 162 Å². The van der Waals surface area contributed by atoms with Crippen LogP contribution >= 0.6 is 11.3 Å². The van der Waals surface area contributed by atoms with Crippen LogP contribution in [-0.4, -0.2) is 22.8 Å². The zero-order chi connectivity index (χ0) is 19.2. The first-order chi connectivity index (χ1) is 13.1. The maximum absolute atomic E-state index is 12.6. The standard InChI is InChI=1S/C21H21N3O2S/c1-3-14(2)22-19(25)16-11-7-8-12-17(16)23-20(26)18-13-27-21(24-18)15-9-5-4-6-10-15/h4-14H,3H2,1-2H3,(H,22,25)(H,23,26). The van der Waals surface area contributed by atoms with E-state index in [1.165, 1.54) is 11.3 Å². The molecule has 0 aliphatic heterocycles. The molecule has 2 aromatic carbocycles. The fourth-order valence-electron chi connectivity index (χ4n) is 2.47. The largest absolute Gasteiger partial charge is 0.350 e. The highest BCUT2D eigenvalue weighted by molar-refractivity contribution is 7.13. The Balaban J connectivity index is 1.77. The van der Waals surface area contributed by atoms with Crippen LogP contribution in [0.5, 0.6) is 0 Å². The SMILES string of the molecule is CCC(C)NC(=O)c1ccccc1NC(=O)c1csc(-c2ccccc2)n1. The Kier molecular flexibility index (Phi) is 5.98. The molecule has 0 saturated carbocycles. The van der Waals surface area contributed by atoms with Gasteiger partial charge < -0.3 is 10.6 Å². The first-order valence-corrected chi connectivity index (χ1v) is 9.68. The van der Waals surface area contributed by atoms with E-state index in [-0.39, 0.29) is 17.9 Å². The number of amides is 2. The highest BCUT2D eigenvalue weighted by atomic mass is 32.1. The van der Waals surface area contributed by atoms with Gasteiger partial charge in [-0.1, -0.05) is 49.4 Å². The predicted octanol–water partition coefficient (Wildman–Crippen LogP) is 4.59. The van der Waals surface area contributed by atoms with E-state index in [0.717, 1.165) is 17.0 Å². The second kappa shape index (κ2) is 8.60. The fraction of sp³-hybridized carbons (Fsp3) is 0.190. The van der Waals surface area contributed by atoms with Crippen LogP contribution < -0.4 is 10.6 Å². The predicted molar refractivity (Wildman–Crippen MR) is 109 cm³/mol. The molecule has 1 aromatic heterocycles. The van der Waals surface area contributed by atoms with Crippen LogP contribution in [0.15, 0.2) is 60.0 Å². The lowest BCUT2D eigenvalue weighted by atomic mass is 10.1. The van der Waals surface area contributed by atoms with Crippen LogP contribution in [0.4, 0.5) is 5.69 Å². The molecular formula is C21H21N3O2S. The Hall–Kier alpha value is -2.99. The summed E-state index contributed by atoms with van der Waals surface area (Å²) in [6.45, 7) is 3.95. The van der Waals surface area contributed by atoms with Gasteiger partial charge in [-0.2, -0.15) is 0 Å². The Morgan fingerprint density at radius 1 is 1.04 bits per heavy atom. The van der Waals surface area contributed by atoms with E-state index in [2.05, 4.69) is 15.6 Å². The number of carbonyl (C=O) groups excluding carboxylic acids is 2. The normalized spacial score (nSPS) is 11.6. The van der Waals surface area contributed by atoms with Crippen molar-refractivity contribution in [2.45, 2.75) is 26.3 Å². The summed E-state index contributed by atoms with van der Waals surface area (Å²) in [4.78, 5) is 29.5. The van der Waals surface area contributed by atoms with Crippen molar-refractivity contribution in [1.82, 2.24) is 10.3 Å². The number of carbonyl (C=O) groups is 2. The van der Waals surface area contributed by atoms with Gasteiger partial charge in [-0.15, -0.1) is 11.3 Å². The summed E-state index contributed by atoms with van der Waals surface area (Å²) >= 11 is 1.41. The van der Waals surface area contributed by atoms with Crippen molar-refractivity contribution in [3.05, 3.63) is 71.2 Å². The van der Waals surface area contributed by atoms with Crippen molar-refractivity contribution >= 4 is 28.8 Å². The molecule has 1 atom stereocenters. The molecule has 27 heavy (non-hydrogen) atoms. The molecule has 5 nitrogen and oxygen atoms in total. The van der Waals surface area contributed by atoms with Crippen molar-refractivity contribution in [3.63, 3.8) is 0 Å². The van der Waals surface area contributed by atoms with E-state index in [4.69, 9.17) is 0 Å². The van der Waals surface area contributed by atoms with E-state index < -0.39 is 0 Å². The van der Waals surface area contributed by atoms with Crippen molar-refractivity contribution in [3.8, 4) is 10.6 Å². The second-order valence-corrected chi connectivity index (χ2v) is 7.04. The van der Waals surface area contributed by atoms with Crippen molar-refractivity contribution in [2.24, 2.45) is 0 Å². The minimum absolute atomic E-state index is 0.0632. The third kappa shape index (κ3) is 4.60. The maximum Gasteiger partial charge on any atom is 0.275 e. The molecule has 0 aliphatic rings. The molecule has 0 bridgehead atoms. The summed E-state index contributed by atoms with van der Waals surface area (Å²) in [5.41, 5.74) is 2.20. The molecule has 0 radical (unpaired) electrons. The van der Waals surface area contributed by atoms with Gasteiger partial charge in [0.05, 0.1) is 11.3 Å². The molecule has 3 rings (SSSR count). The number of nitrogens with zero attached hydrogens (tertiary/aromatic N) is 1. The molecule has 0 spiro atoms. The van der Waals surface area contributed by atoms with E-state index in [1.807, 2.05) is 44.2 Å². The van der Waals surface area contributed by atoms with Crippen LogP contribution in [-0.2, 0) is 0 Å². The summed E-state index contributed by atoms with van der Waals surface area (Å²) in [5, 5.41) is 8.23. The molecule has 138 valence electrons. The molecule has 2 N–H and O–H groups in total. The lowest BCUT2D eigenvalue weighted by Crippen LogP contribution is -2.32. The monoisotopic (exact) mass is 379 g/mol. The van der Waals surface area contributed by atoms with Gasteiger partial charge in [0.1, 0.15) is 10.7 Å². The van der Waals surface area contributed by atoms with Crippen LogP contribution in [0, 0.1) is 0 Å². The highest BCUT2D eigenvalue weighted by Crippen LogP contribution is 2.24. The van der Waals surface area contributed by atoms with Gasteiger partial charge in [-0.05, 0) is 25.5 Å². The van der Waals surface area contributed by atoms with Gasteiger partial charge in [0.2, 0.25) is 0 Å². The molecule has 6 heteroatoms. The number of aromatic nitrogens is 1. The average Bonchev–Trinajstić information content (AvgIpc) is 3.19. The number of para-hydroxylation sites is 1. The number of hydrogen-bond acceptors (Lipinski definition) is 4. The number of anilines is 1. The number of rotatable bonds is 6. The van der Waals surface area contributed by atoms with E-state index in [1.54, 1.807) is 29.6 Å². The summed E-state index contributed by atoms with van der Waals surface area (Å²) < 4.78 is 0. The summed E-state index contributed by atoms with van der Waals surface area (Å²) in [7, 11) is 0. The highest BCUT2D eigenvalue weighted by Gasteiger charge is 2.17. The topological polar surface area (TPSA) is 71.1 Å². The molecule has 0 saturated heterocycles. The van der Waals surface area contributed by atoms with E-state index >= 15 is 0 Å². The molecule has 1 unspecified atom stereocenters. The Morgan fingerprint density at radius 2 is 1.74 bits per heavy atom. The number of hydrogen-bond donors (Lipinski definition) is 2. The number of benzene rings is 2. The first-order valence-electron chi connectivity index (χ1n) is 8.80. The smallest absolute Gasteiger partial charge is 0.275 e. The van der Waals surface area contributed by atoms with Gasteiger partial charge >= 0.3 is 0 Å². The molecule has 0 aliphatic carbocycles. The molecule has 1 heterocycles. The Bertz CT molecular complexity index is 937. The second-order valence-electron chi connectivity index (χ2n) is 6.19. The van der Waals surface area contributed by atoms with Gasteiger partial charge in [0.25, 0.3) is 11.8 Å². The molecular weight excluding hydrogens is 358 g/mol. The lowest BCUT2D eigenvalue weighted by Gasteiger charge is -2.14. The first kappa shape index (κ1) is 18.8. The number of thiazole rings is 1. The summed E-state index contributed by atoms with van der Waals surface area (Å²) in [6.07, 6.45) is 0.835. The van der Waals surface area contributed by atoms with Crippen LogP contribution in [0.1, 0.15) is 41.1 Å². The summed E-state index contributed by atoms with van der Waals surface area (Å²) in [5.74, 6) is -0.541. The fourth-order valence-corrected chi connectivity index (χ4v) is 3.28. The van der Waals surface area contributed by atoms with Gasteiger partial charge in [0, 0.05) is 17.0 Å². The number of nitrogens with one attached hydrogen (secondary N) is 2.